The molecule has 32 heavy (non-hydrogen) atoms. The number of aryl methyl sites for hydroxylation is 1. The van der Waals surface area contributed by atoms with Crippen molar-refractivity contribution in [3.8, 4) is 10.6 Å². The second-order valence-electron chi connectivity index (χ2n) is 9.32. The van der Waals surface area contributed by atoms with Gasteiger partial charge >= 0.3 is 0 Å². The summed E-state index contributed by atoms with van der Waals surface area (Å²) in [7, 11) is 0. The molecule has 0 aliphatic heterocycles. The quantitative estimate of drug-likeness (QED) is 0.481. The molecule has 0 saturated heterocycles. The van der Waals surface area contributed by atoms with Crippen molar-refractivity contribution in [3.63, 3.8) is 0 Å². The number of nitrogens with one attached hydrogen (secondary N) is 2. The van der Waals surface area contributed by atoms with E-state index in [-0.39, 0.29) is 6.04 Å². The summed E-state index contributed by atoms with van der Waals surface area (Å²) < 4.78 is 28.5. The first-order chi connectivity index (χ1) is 15.5. The SMILES string of the molecule is CCCNc1nc(C)c(-c2nc3c(C4CC4)nccc3s2)c(NC2CC3C(C2)C3(F)F)n1. The molecule has 168 valence electrons. The van der Waals surface area contributed by atoms with Gasteiger partial charge in [0, 0.05) is 36.5 Å². The molecule has 0 aromatic carbocycles. The Morgan fingerprint density at radius 2 is 1.94 bits per heavy atom. The average molecular weight is 457 g/mol. The fraction of sp³-hybridized carbons (Fsp3) is 0.565. The normalized spacial score (nSPS) is 25.7. The fourth-order valence-corrected chi connectivity index (χ4v) is 6.08. The number of aromatic nitrogens is 4. The molecular formula is C23H26F2N6S. The molecule has 3 fully saturated rings. The highest BCUT2D eigenvalue weighted by molar-refractivity contribution is 7.21. The number of fused-ring (bicyclic) bond motifs is 2. The zero-order valence-electron chi connectivity index (χ0n) is 18.2. The minimum atomic E-state index is -2.48. The summed E-state index contributed by atoms with van der Waals surface area (Å²) in [5, 5.41) is 7.60. The molecule has 0 radical (unpaired) electrons. The van der Waals surface area contributed by atoms with E-state index in [4.69, 9.17) is 9.97 Å². The monoisotopic (exact) mass is 456 g/mol. The molecule has 0 amide bonds. The first kappa shape index (κ1) is 20.2. The van der Waals surface area contributed by atoms with Gasteiger partial charge in [-0.15, -0.1) is 11.3 Å². The maximum Gasteiger partial charge on any atom is 0.254 e. The van der Waals surface area contributed by atoms with E-state index in [0.717, 1.165) is 45.1 Å². The van der Waals surface area contributed by atoms with Crippen molar-refractivity contribution in [3.05, 3.63) is 23.7 Å². The van der Waals surface area contributed by atoms with Crippen LogP contribution in [0.15, 0.2) is 12.3 Å². The van der Waals surface area contributed by atoms with Gasteiger partial charge in [-0.05, 0) is 45.1 Å². The first-order valence-electron chi connectivity index (χ1n) is 11.5. The van der Waals surface area contributed by atoms with Crippen LogP contribution in [0.3, 0.4) is 0 Å². The van der Waals surface area contributed by atoms with Crippen LogP contribution >= 0.6 is 11.3 Å². The molecule has 2 atom stereocenters. The lowest BCUT2D eigenvalue weighted by molar-refractivity contribution is 0.0710. The van der Waals surface area contributed by atoms with Crippen molar-refractivity contribution in [2.75, 3.05) is 17.2 Å². The van der Waals surface area contributed by atoms with Crippen LogP contribution in [0.4, 0.5) is 20.5 Å². The van der Waals surface area contributed by atoms with Crippen molar-refractivity contribution in [2.45, 2.75) is 63.8 Å². The molecule has 3 saturated carbocycles. The number of nitrogens with zero attached hydrogens (tertiary/aromatic N) is 4. The highest BCUT2D eigenvalue weighted by Gasteiger charge is 2.71. The standard InChI is InChI=1S/C23H26F2N6S/c1-3-7-27-22-28-11(2)17(20(31-22)29-13-9-14-15(10-13)23(14,24)25)21-30-19-16(32-21)6-8-26-18(19)12-4-5-12/h6,8,12-15H,3-5,7,9-10H2,1-2H3,(H2,27,28,29,31). The van der Waals surface area contributed by atoms with Crippen LogP contribution in [0.1, 0.15) is 56.3 Å². The summed E-state index contributed by atoms with van der Waals surface area (Å²) in [5.41, 5.74) is 3.74. The van der Waals surface area contributed by atoms with E-state index in [9.17, 15) is 8.78 Å². The Balaban J connectivity index is 1.38. The third-order valence-corrected chi connectivity index (χ3v) is 7.96. The molecule has 0 bridgehead atoms. The number of hydrogen-bond donors (Lipinski definition) is 2. The molecule has 3 aromatic heterocycles. The molecule has 6 nitrogen and oxygen atoms in total. The maximum atomic E-state index is 13.7. The molecule has 6 rings (SSSR count). The minimum Gasteiger partial charge on any atom is -0.367 e. The zero-order valence-corrected chi connectivity index (χ0v) is 19.0. The maximum absolute atomic E-state index is 13.7. The lowest BCUT2D eigenvalue weighted by Gasteiger charge is -2.20. The van der Waals surface area contributed by atoms with Crippen LogP contribution < -0.4 is 10.6 Å². The van der Waals surface area contributed by atoms with E-state index in [1.54, 1.807) is 11.3 Å². The minimum absolute atomic E-state index is 0.00484. The number of alkyl halides is 2. The van der Waals surface area contributed by atoms with Crippen molar-refractivity contribution in [2.24, 2.45) is 11.8 Å². The second kappa shape index (κ2) is 7.30. The number of hydrogen-bond acceptors (Lipinski definition) is 7. The zero-order chi connectivity index (χ0) is 22.0. The molecule has 3 aromatic rings. The Morgan fingerprint density at radius 3 is 2.66 bits per heavy atom. The Hall–Kier alpha value is -2.42. The fourth-order valence-electron chi connectivity index (χ4n) is 5.01. The van der Waals surface area contributed by atoms with Gasteiger partial charge in [-0.3, -0.25) is 4.98 Å². The van der Waals surface area contributed by atoms with Crippen LogP contribution in [0.2, 0.25) is 0 Å². The van der Waals surface area contributed by atoms with Gasteiger partial charge < -0.3 is 10.6 Å². The van der Waals surface area contributed by atoms with Crippen molar-refractivity contribution in [1.82, 2.24) is 19.9 Å². The molecule has 0 spiro atoms. The molecule has 9 heteroatoms. The van der Waals surface area contributed by atoms with Gasteiger partial charge in [-0.1, -0.05) is 6.92 Å². The predicted molar refractivity (Wildman–Crippen MR) is 123 cm³/mol. The van der Waals surface area contributed by atoms with E-state index >= 15 is 0 Å². The van der Waals surface area contributed by atoms with E-state index in [0.29, 0.717) is 30.5 Å². The smallest absolute Gasteiger partial charge is 0.254 e. The summed E-state index contributed by atoms with van der Waals surface area (Å²) in [6.45, 7) is 4.83. The van der Waals surface area contributed by atoms with E-state index in [1.807, 2.05) is 19.2 Å². The van der Waals surface area contributed by atoms with Crippen LogP contribution in [0, 0.1) is 18.8 Å². The Morgan fingerprint density at radius 1 is 1.16 bits per heavy atom. The first-order valence-corrected chi connectivity index (χ1v) is 12.3. The topological polar surface area (TPSA) is 75.6 Å². The molecule has 2 unspecified atom stereocenters. The summed E-state index contributed by atoms with van der Waals surface area (Å²) >= 11 is 1.62. The Kier molecular flexibility index (Phi) is 4.61. The van der Waals surface area contributed by atoms with Gasteiger partial charge in [0.1, 0.15) is 16.3 Å². The highest BCUT2D eigenvalue weighted by Crippen LogP contribution is 2.64. The van der Waals surface area contributed by atoms with Crippen molar-refractivity contribution >= 4 is 33.3 Å². The molecule has 3 heterocycles. The number of halogens is 2. The van der Waals surface area contributed by atoms with Gasteiger partial charge in [-0.25, -0.2) is 18.7 Å². The van der Waals surface area contributed by atoms with Crippen molar-refractivity contribution in [1.29, 1.82) is 0 Å². The number of pyridine rings is 1. The highest BCUT2D eigenvalue weighted by atomic mass is 32.1. The summed E-state index contributed by atoms with van der Waals surface area (Å²) in [4.78, 5) is 19.0. The van der Waals surface area contributed by atoms with Gasteiger partial charge in [0.25, 0.3) is 5.92 Å². The van der Waals surface area contributed by atoms with Gasteiger partial charge in [0.05, 0.1) is 21.7 Å². The predicted octanol–water partition coefficient (Wildman–Crippen LogP) is 5.61. The molecular weight excluding hydrogens is 430 g/mol. The van der Waals surface area contributed by atoms with Gasteiger partial charge in [0.15, 0.2) is 0 Å². The number of thiazole rings is 1. The third-order valence-electron chi connectivity index (χ3n) is 6.92. The van der Waals surface area contributed by atoms with Crippen molar-refractivity contribution < 1.29 is 8.78 Å². The van der Waals surface area contributed by atoms with Crippen LogP contribution in [-0.4, -0.2) is 38.4 Å². The lowest BCUT2D eigenvalue weighted by Crippen LogP contribution is -2.23. The van der Waals surface area contributed by atoms with Gasteiger partial charge in [-0.2, -0.15) is 4.98 Å². The molecule has 3 aliphatic rings. The van der Waals surface area contributed by atoms with Crippen LogP contribution in [-0.2, 0) is 0 Å². The Labute approximate surface area is 189 Å². The third kappa shape index (κ3) is 3.32. The average Bonchev–Trinajstić information content (AvgIpc) is 3.53. The summed E-state index contributed by atoms with van der Waals surface area (Å²) in [6.07, 6.45) is 6.12. The van der Waals surface area contributed by atoms with E-state index in [1.165, 1.54) is 12.8 Å². The Bertz CT molecular complexity index is 1180. The number of rotatable bonds is 7. The summed E-state index contributed by atoms with van der Waals surface area (Å²) in [5.74, 6) is -1.69. The second-order valence-corrected chi connectivity index (χ2v) is 10.4. The van der Waals surface area contributed by atoms with E-state index < -0.39 is 17.8 Å². The van der Waals surface area contributed by atoms with E-state index in [2.05, 4.69) is 27.5 Å². The molecule has 3 aliphatic carbocycles. The van der Waals surface area contributed by atoms with Crippen LogP contribution in [0.25, 0.3) is 20.8 Å². The number of anilines is 2. The largest absolute Gasteiger partial charge is 0.367 e. The lowest BCUT2D eigenvalue weighted by atomic mass is 10.1. The van der Waals surface area contributed by atoms with Crippen LogP contribution in [0.5, 0.6) is 0 Å². The van der Waals surface area contributed by atoms with Gasteiger partial charge in [0.2, 0.25) is 5.95 Å². The summed E-state index contributed by atoms with van der Waals surface area (Å²) in [6, 6.07) is 2.00. The molecule has 2 N–H and O–H groups in total.